The quantitative estimate of drug-likeness (QED) is 0.653. The number of imide groups is 1. The second-order valence-corrected chi connectivity index (χ2v) is 4.44. The van der Waals surface area contributed by atoms with Crippen molar-refractivity contribution < 1.29 is 14.3 Å². The van der Waals surface area contributed by atoms with E-state index in [0.717, 1.165) is 5.56 Å². The van der Waals surface area contributed by atoms with Crippen molar-refractivity contribution in [1.29, 1.82) is 0 Å². The minimum atomic E-state index is -0.967. The third-order valence-corrected chi connectivity index (χ3v) is 3.21. The molecule has 2 atom stereocenters. The summed E-state index contributed by atoms with van der Waals surface area (Å²) in [5, 5.41) is 5.02. The van der Waals surface area contributed by atoms with Gasteiger partial charge in [-0.1, -0.05) is 18.2 Å². The van der Waals surface area contributed by atoms with Crippen LogP contribution in [0.25, 0.3) is 0 Å². The lowest BCUT2D eigenvalue weighted by atomic mass is 9.82. The molecule has 2 aliphatic rings. The maximum absolute atomic E-state index is 12.0. The van der Waals surface area contributed by atoms with Gasteiger partial charge in [-0.3, -0.25) is 10.1 Å². The number of para-hydroxylation sites is 1. The number of urea groups is 1. The van der Waals surface area contributed by atoms with Gasteiger partial charge in [0.2, 0.25) is 0 Å². The summed E-state index contributed by atoms with van der Waals surface area (Å²) in [5.41, 5.74) is -0.243. The van der Waals surface area contributed by atoms with Gasteiger partial charge in [0.05, 0.1) is 6.10 Å². The first kappa shape index (κ1) is 10.1. The lowest BCUT2D eigenvalue weighted by Gasteiger charge is -2.36. The molecule has 1 aromatic carbocycles. The Balaban J connectivity index is 2.18. The standard InChI is InChI=1S/C12H12N2O3/c1-7-6-12(10(15)13-11(16)14-12)8-4-2-3-5-9(8)17-7/h2-5,7H,6H2,1H3,(H2,13,14,15,16). The van der Waals surface area contributed by atoms with Crippen LogP contribution in [0.15, 0.2) is 24.3 Å². The highest BCUT2D eigenvalue weighted by molar-refractivity contribution is 6.07. The third-order valence-electron chi connectivity index (χ3n) is 3.21. The summed E-state index contributed by atoms with van der Waals surface area (Å²) >= 11 is 0. The SMILES string of the molecule is CC1CC2(NC(=O)NC2=O)c2ccccc2O1. The lowest BCUT2D eigenvalue weighted by Crippen LogP contribution is -2.49. The molecule has 0 aromatic heterocycles. The molecular weight excluding hydrogens is 220 g/mol. The van der Waals surface area contributed by atoms with Crippen molar-refractivity contribution in [2.45, 2.75) is 25.0 Å². The van der Waals surface area contributed by atoms with E-state index in [2.05, 4.69) is 10.6 Å². The van der Waals surface area contributed by atoms with E-state index in [1.165, 1.54) is 0 Å². The van der Waals surface area contributed by atoms with Gasteiger partial charge in [0.15, 0.2) is 5.54 Å². The van der Waals surface area contributed by atoms with Crippen LogP contribution in [-0.2, 0) is 10.3 Å². The molecule has 1 spiro atoms. The van der Waals surface area contributed by atoms with Crippen molar-refractivity contribution in [3.63, 3.8) is 0 Å². The Bertz CT molecular complexity index is 514. The van der Waals surface area contributed by atoms with Crippen molar-refractivity contribution in [3.05, 3.63) is 29.8 Å². The molecule has 17 heavy (non-hydrogen) atoms. The minimum Gasteiger partial charge on any atom is -0.490 e. The van der Waals surface area contributed by atoms with Crippen LogP contribution in [0.1, 0.15) is 18.9 Å². The summed E-state index contributed by atoms with van der Waals surface area (Å²) in [5.74, 6) is 0.355. The summed E-state index contributed by atoms with van der Waals surface area (Å²) in [6, 6.07) is 6.85. The molecule has 1 fully saturated rings. The fraction of sp³-hybridized carbons (Fsp3) is 0.333. The summed E-state index contributed by atoms with van der Waals surface area (Å²) in [4.78, 5) is 23.4. The Hall–Kier alpha value is -2.04. The summed E-state index contributed by atoms with van der Waals surface area (Å²) in [7, 11) is 0. The number of hydrogen-bond donors (Lipinski definition) is 2. The predicted molar refractivity (Wildman–Crippen MR) is 59.5 cm³/mol. The molecule has 5 nitrogen and oxygen atoms in total. The van der Waals surface area contributed by atoms with Crippen LogP contribution in [-0.4, -0.2) is 18.0 Å². The van der Waals surface area contributed by atoms with E-state index in [1.54, 1.807) is 0 Å². The van der Waals surface area contributed by atoms with Crippen LogP contribution in [0, 0.1) is 0 Å². The van der Waals surface area contributed by atoms with Crippen LogP contribution in [0.3, 0.4) is 0 Å². The molecule has 1 aromatic rings. The molecular formula is C12H12N2O3. The second kappa shape index (κ2) is 3.23. The Morgan fingerprint density at radius 2 is 2.12 bits per heavy atom. The number of rotatable bonds is 0. The van der Waals surface area contributed by atoms with Gasteiger partial charge in [-0.25, -0.2) is 4.79 Å². The van der Waals surface area contributed by atoms with Crippen LogP contribution in [0.2, 0.25) is 0 Å². The van der Waals surface area contributed by atoms with Gasteiger partial charge < -0.3 is 10.1 Å². The Morgan fingerprint density at radius 1 is 1.35 bits per heavy atom. The highest BCUT2D eigenvalue weighted by atomic mass is 16.5. The zero-order valence-electron chi connectivity index (χ0n) is 9.32. The van der Waals surface area contributed by atoms with E-state index in [0.29, 0.717) is 12.2 Å². The number of ether oxygens (including phenoxy) is 1. The fourth-order valence-electron chi connectivity index (χ4n) is 2.55. The van der Waals surface area contributed by atoms with E-state index in [-0.39, 0.29) is 12.0 Å². The number of hydrogen-bond acceptors (Lipinski definition) is 3. The lowest BCUT2D eigenvalue weighted by molar-refractivity contribution is -0.126. The molecule has 0 radical (unpaired) electrons. The number of carbonyl (C=O) groups excluding carboxylic acids is 2. The van der Waals surface area contributed by atoms with E-state index in [4.69, 9.17) is 4.74 Å². The number of nitrogens with one attached hydrogen (secondary N) is 2. The van der Waals surface area contributed by atoms with Crippen molar-refractivity contribution in [1.82, 2.24) is 10.6 Å². The molecule has 88 valence electrons. The molecule has 2 unspecified atom stereocenters. The first-order valence-corrected chi connectivity index (χ1v) is 5.51. The van der Waals surface area contributed by atoms with E-state index in [1.807, 2.05) is 31.2 Å². The number of benzene rings is 1. The average Bonchev–Trinajstić information content (AvgIpc) is 2.54. The van der Waals surface area contributed by atoms with Gasteiger partial charge in [0, 0.05) is 12.0 Å². The molecule has 0 aliphatic carbocycles. The maximum Gasteiger partial charge on any atom is 0.322 e. The molecule has 2 aliphatic heterocycles. The minimum absolute atomic E-state index is 0.117. The topological polar surface area (TPSA) is 67.4 Å². The fourth-order valence-corrected chi connectivity index (χ4v) is 2.55. The molecule has 3 amide bonds. The second-order valence-electron chi connectivity index (χ2n) is 4.44. The molecule has 0 bridgehead atoms. The molecule has 3 rings (SSSR count). The van der Waals surface area contributed by atoms with E-state index in [9.17, 15) is 9.59 Å². The summed E-state index contributed by atoms with van der Waals surface area (Å²) < 4.78 is 5.67. The van der Waals surface area contributed by atoms with Gasteiger partial charge in [-0.05, 0) is 13.0 Å². The normalized spacial score (nSPS) is 30.5. The first-order valence-electron chi connectivity index (χ1n) is 5.51. The van der Waals surface area contributed by atoms with Crippen LogP contribution >= 0.6 is 0 Å². The first-order chi connectivity index (χ1) is 8.12. The van der Waals surface area contributed by atoms with Crippen molar-refractivity contribution >= 4 is 11.9 Å². The smallest absolute Gasteiger partial charge is 0.322 e. The van der Waals surface area contributed by atoms with Crippen LogP contribution < -0.4 is 15.4 Å². The average molecular weight is 232 g/mol. The number of fused-ring (bicyclic) bond motifs is 2. The van der Waals surface area contributed by atoms with Gasteiger partial charge in [-0.15, -0.1) is 0 Å². The monoisotopic (exact) mass is 232 g/mol. The Kier molecular flexibility index (Phi) is 1.92. The highest BCUT2D eigenvalue weighted by Crippen LogP contribution is 2.40. The van der Waals surface area contributed by atoms with Gasteiger partial charge in [0.1, 0.15) is 5.75 Å². The maximum atomic E-state index is 12.0. The molecule has 0 saturated carbocycles. The van der Waals surface area contributed by atoms with Crippen LogP contribution in [0.5, 0.6) is 5.75 Å². The zero-order valence-corrected chi connectivity index (χ0v) is 9.32. The zero-order chi connectivity index (χ0) is 12.0. The van der Waals surface area contributed by atoms with E-state index >= 15 is 0 Å². The van der Waals surface area contributed by atoms with Gasteiger partial charge >= 0.3 is 6.03 Å². The number of amides is 3. The van der Waals surface area contributed by atoms with Gasteiger partial charge in [-0.2, -0.15) is 0 Å². The van der Waals surface area contributed by atoms with E-state index < -0.39 is 11.6 Å². The molecule has 1 saturated heterocycles. The third kappa shape index (κ3) is 1.32. The Morgan fingerprint density at radius 3 is 2.82 bits per heavy atom. The van der Waals surface area contributed by atoms with Crippen molar-refractivity contribution in [3.8, 4) is 5.75 Å². The van der Waals surface area contributed by atoms with Crippen LogP contribution in [0.4, 0.5) is 4.79 Å². The largest absolute Gasteiger partial charge is 0.490 e. The summed E-state index contributed by atoms with van der Waals surface area (Å²) in [6.07, 6.45) is 0.329. The van der Waals surface area contributed by atoms with Crippen molar-refractivity contribution in [2.75, 3.05) is 0 Å². The Labute approximate surface area is 98.1 Å². The summed E-state index contributed by atoms with van der Waals surface area (Å²) in [6.45, 7) is 1.88. The predicted octanol–water partition coefficient (Wildman–Crippen LogP) is 0.892. The number of carbonyl (C=O) groups is 2. The highest BCUT2D eigenvalue weighted by Gasteiger charge is 2.52. The molecule has 5 heteroatoms. The van der Waals surface area contributed by atoms with Gasteiger partial charge in [0.25, 0.3) is 5.91 Å². The van der Waals surface area contributed by atoms with Crippen molar-refractivity contribution in [2.24, 2.45) is 0 Å². The molecule has 2 heterocycles. The molecule has 2 N–H and O–H groups in total.